The zero-order valence-corrected chi connectivity index (χ0v) is 13.6. The van der Waals surface area contributed by atoms with E-state index in [0.29, 0.717) is 29.8 Å². The average molecular weight is 316 g/mol. The van der Waals surface area contributed by atoms with Crippen molar-refractivity contribution in [2.75, 3.05) is 31.6 Å². The summed E-state index contributed by atoms with van der Waals surface area (Å²) in [6, 6.07) is 7.69. The van der Waals surface area contributed by atoms with Gasteiger partial charge in [-0.2, -0.15) is 0 Å². The molecule has 1 heterocycles. The summed E-state index contributed by atoms with van der Waals surface area (Å²) < 4.78 is 5.44. The second kappa shape index (κ2) is 7.23. The van der Waals surface area contributed by atoms with Crippen molar-refractivity contribution in [2.24, 2.45) is 5.92 Å². The topological polar surface area (TPSA) is 58.6 Å². The van der Waals surface area contributed by atoms with Crippen LogP contribution in [-0.2, 0) is 9.53 Å². The predicted molar refractivity (Wildman–Crippen MR) is 88.6 cm³/mol. The van der Waals surface area contributed by atoms with E-state index < -0.39 is 0 Å². The largest absolute Gasteiger partial charge is 0.381 e. The van der Waals surface area contributed by atoms with Gasteiger partial charge in [0.25, 0.3) is 0 Å². The first-order valence-electron chi connectivity index (χ1n) is 8.35. The van der Waals surface area contributed by atoms with Crippen LogP contribution < -0.4 is 5.32 Å². The summed E-state index contributed by atoms with van der Waals surface area (Å²) >= 11 is 0. The molecule has 0 bridgehead atoms. The zero-order valence-electron chi connectivity index (χ0n) is 13.6. The van der Waals surface area contributed by atoms with Crippen molar-refractivity contribution in [3.8, 4) is 0 Å². The van der Waals surface area contributed by atoms with E-state index in [9.17, 15) is 9.59 Å². The normalized spacial score (nSPS) is 20.7. The first kappa shape index (κ1) is 16.1. The van der Waals surface area contributed by atoms with Crippen molar-refractivity contribution in [1.82, 2.24) is 4.90 Å². The number of Topliss-reactive ketones (excluding diaryl/α,β-unsaturated/α-hetero) is 1. The highest BCUT2D eigenvalue weighted by atomic mass is 16.5. The maximum atomic E-state index is 12.4. The lowest BCUT2D eigenvalue weighted by Gasteiger charge is -2.24. The molecule has 0 aromatic heterocycles. The number of nitrogens with one attached hydrogen (secondary N) is 1. The molecule has 0 radical (unpaired) electrons. The van der Waals surface area contributed by atoms with Gasteiger partial charge < -0.3 is 10.1 Å². The van der Waals surface area contributed by atoms with E-state index in [-0.39, 0.29) is 11.7 Å². The van der Waals surface area contributed by atoms with Gasteiger partial charge in [0.1, 0.15) is 0 Å². The Balaban J connectivity index is 1.60. The van der Waals surface area contributed by atoms with E-state index in [4.69, 9.17) is 4.74 Å². The van der Waals surface area contributed by atoms with E-state index in [2.05, 4.69) is 10.2 Å². The van der Waals surface area contributed by atoms with E-state index in [1.165, 1.54) is 19.8 Å². The van der Waals surface area contributed by atoms with Crippen molar-refractivity contribution < 1.29 is 14.3 Å². The minimum absolute atomic E-state index is 0.0388. The van der Waals surface area contributed by atoms with Crippen molar-refractivity contribution in [2.45, 2.75) is 32.2 Å². The van der Waals surface area contributed by atoms with Gasteiger partial charge in [-0.05, 0) is 44.2 Å². The molecule has 1 amide bonds. The molecule has 3 rings (SSSR count). The Bertz CT molecular complexity index is 577. The molecule has 1 unspecified atom stereocenters. The molecule has 2 fully saturated rings. The van der Waals surface area contributed by atoms with Crippen LogP contribution in [0.25, 0.3) is 0 Å². The fraction of sp³-hybridized carbons (Fsp3) is 0.556. The van der Waals surface area contributed by atoms with Gasteiger partial charge in [-0.25, -0.2) is 0 Å². The Morgan fingerprint density at radius 2 is 2.04 bits per heavy atom. The number of anilines is 1. The lowest BCUT2D eigenvalue weighted by molar-refractivity contribution is -0.117. The number of hydrogen-bond donors (Lipinski definition) is 1. The summed E-state index contributed by atoms with van der Waals surface area (Å²) in [7, 11) is 0. The Morgan fingerprint density at radius 3 is 2.70 bits per heavy atom. The number of hydrogen-bond acceptors (Lipinski definition) is 4. The molecular weight excluding hydrogens is 292 g/mol. The molecule has 1 aliphatic carbocycles. The van der Waals surface area contributed by atoms with Gasteiger partial charge in [0.15, 0.2) is 5.78 Å². The Hall–Kier alpha value is -1.72. The Morgan fingerprint density at radius 1 is 1.26 bits per heavy atom. The number of benzene rings is 1. The van der Waals surface area contributed by atoms with Gasteiger partial charge >= 0.3 is 0 Å². The number of nitrogens with zero attached hydrogens (tertiary/aromatic N) is 1. The molecule has 2 aliphatic rings. The SMILES string of the molecule is CC(=O)c1ccccc1NC(=O)CN(CC1CCOC1)C1CC1. The van der Waals surface area contributed by atoms with Crippen molar-refractivity contribution in [1.29, 1.82) is 0 Å². The Labute approximate surface area is 137 Å². The number of ether oxygens (including phenoxy) is 1. The molecule has 23 heavy (non-hydrogen) atoms. The first-order valence-corrected chi connectivity index (χ1v) is 8.35. The standard InChI is InChI=1S/C18H24N2O3/c1-13(21)16-4-2-3-5-17(16)19-18(22)11-20(15-6-7-15)10-14-8-9-23-12-14/h2-5,14-15H,6-12H2,1H3,(H,19,22). The molecule has 0 spiro atoms. The highest BCUT2D eigenvalue weighted by Gasteiger charge is 2.32. The molecule has 1 N–H and O–H groups in total. The highest BCUT2D eigenvalue weighted by Crippen LogP contribution is 2.29. The van der Waals surface area contributed by atoms with Gasteiger partial charge in [-0.1, -0.05) is 12.1 Å². The molecule has 1 aromatic carbocycles. The van der Waals surface area contributed by atoms with Crippen LogP contribution in [-0.4, -0.2) is 48.9 Å². The second-order valence-electron chi connectivity index (χ2n) is 6.54. The van der Waals surface area contributed by atoms with Crippen LogP contribution in [0.3, 0.4) is 0 Å². The average Bonchev–Trinajstić information content (AvgIpc) is 3.25. The van der Waals surface area contributed by atoms with E-state index in [1.807, 2.05) is 12.1 Å². The number of para-hydroxylation sites is 1. The monoisotopic (exact) mass is 316 g/mol. The maximum Gasteiger partial charge on any atom is 0.238 e. The highest BCUT2D eigenvalue weighted by molar-refractivity contribution is 6.04. The summed E-state index contributed by atoms with van der Waals surface area (Å²) in [6.45, 7) is 4.46. The van der Waals surface area contributed by atoms with Crippen LogP contribution in [0, 0.1) is 5.92 Å². The van der Waals surface area contributed by atoms with Crippen molar-refractivity contribution in [3.63, 3.8) is 0 Å². The number of rotatable bonds is 7. The predicted octanol–water partition coefficient (Wildman–Crippen LogP) is 2.33. The summed E-state index contributed by atoms with van der Waals surface area (Å²) in [6.07, 6.45) is 3.42. The molecule has 5 nitrogen and oxygen atoms in total. The minimum Gasteiger partial charge on any atom is -0.381 e. The quantitative estimate of drug-likeness (QED) is 0.784. The third kappa shape index (κ3) is 4.39. The lowest BCUT2D eigenvalue weighted by atomic mass is 10.1. The number of carbonyl (C=O) groups is 2. The Kier molecular flexibility index (Phi) is 5.08. The minimum atomic E-state index is -0.0514. The van der Waals surface area contributed by atoms with Crippen LogP contribution in [0.5, 0.6) is 0 Å². The summed E-state index contributed by atoms with van der Waals surface area (Å²) in [4.78, 5) is 26.3. The smallest absolute Gasteiger partial charge is 0.238 e. The maximum absolute atomic E-state index is 12.4. The van der Waals surface area contributed by atoms with E-state index in [1.54, 1.807) is 12.1 Å². The number of ketones is 1. The molecule has 1 saturated heterocycles. The zero-order chi connectivity index (χ0) is 16.2. The van der Waals surface area contributed by atoms with Gasteiger partial charge in [-0.15, -0.1) is 0 Å². The molecule has 1 aromatic rings. The fourth-order valence-electron chi connectivity index (χ4n) is 3.11. The summed E-state index contributed by atoms with van der Waals surface area (Å²) in [5.74, 6) is 0.445. The van der Waals surface area contributed by atoms with Gasteiger partial charge in [0.05, 0.1) is 18.8 Å². The van der Waals surface area contributed by atoms with Crippen LogP contribution in [0.2, 0.25) is 0 Å². The molecular formula is C18H24N2O3. The third-order valence-corrected chi connectivity index (χ3v) is 4.51. The van der Waals surface area contributed by atoms with Gasteiger partial charge in [0.2, 0.25) is 5.91 Å². The van der Waals surface area contributed by atoms with Crippen LogP contribution in [0.15, 0.2) is 24.3 Å². The number of carbonyl (C=O) groups excluding carboxylic acids is 2. The molecule has 1 saturated carbocycles. The van der Waals surface area contributed by atoms with E-state index >= 15 is 0 Å². The van der Waals surface area contributed by atoms with Crippen LogP contribution in [0.4, 0.5) is 5.69 Å². The van der Waals surface area contributed by atoms with Crippen molar-refractivity contribution in [3.05, 3.63) is 29.8 Å². The van der Waals surface area contributed by atoms with Crippen LogP contribution in [0.1, 0.15) is 36.5 Å². The van der Waals surface area contributed by atoms with E-state index in [0.717, 1.165) is 26.2 Å². The third-order valence-electron chi connectivity index (χ3n) is 4.51. The number of amides is 1. The van der Waals surface area contributed by atoms with Crippen LogP contribution >= 0.6 is 0 Å². The van der Waals surface area contributed by atoms with Crippen molar-refractivity contribution >= 4 is 17.4 Å². The second-order valence-corrected chi connectivity index (χ2v) is 6.54. The van der Waals surface area contributed by atoms with Gasteiger partial charge in [0, 0.05) is 24.8 Å². The summed E-state index contributed by atoms with van der Waals surface area (Å²) in [5, 5.41) is 2.90. The fourth-order valence-corrected chi connectivity index (χ4v) is 3.11. The lowest BCUT2D eigenvalue weighted by Crippen LogP contribution is -2.38. The summed E-state index contributed by atoms with van der Waals surface area (Å²) in [5.41, 5.74) is 1.16. The molecule has 124 valence electrons. The van der Waals surface area contributed by atoms with Gasteiger partial charge in [-0.3, -0.25) is 14.5 Å². The first-order chi connectivity index (χ1) is 11.1. The molecule has 1 aliphatic heterocycles. The molecule has 5 heteroatoms. The molecule has 1 atom stereocenters.